The first-order valence-electron chi connectivity index (χ1n) is 3.66. The molecule has 0 fully saturated rings. The highest BCUT2D eigenvalue weighted by molar-refractivity contribution is 5.85. The van der Waals surface area contributed by atoms with Crippen molar-refractivity contribution in [2.75, 3.05) is 7.11 Å². The molecule has 0 aromatic carbocycles. The van der Waals surface area contributed by atoms with Gasteiger partial charge < -0.3 is 20.7 Å². The number of allylic oxidation sites excluding steroid dienone is 1. The normalized spacial score (nSPS) is 32.5. The van der Waals surface area contributed by atoms with Gasteiger partial charge in [-0.2, -0.15) is 0 Å². The van der Waals surface area contributed by atoms with Gasteiger partial charge >= 0.3 is 5.97 Å². The molecule has 72 valence electrons. The quantitative estimate of drug-likeness (QED) is 0.466. The number of rotatable bonds is 1. The molecule has 4 N–H and O–H groups in total. The molecular weight excluding hydrogens is 174 g/mol. The van der Waals surface area contributed by atoms with E-state index in [1.165, 1.54) is 12.2 Å². The van der Waals surface area contributed by atoms with E-state index in [1.807, 2.05) is 0 Å². The Bertz CT molecular complexity index is 284. The molecule has 0 amide bonds. The van der Waals surface area contributed by atoms with E-state index >= 15 is 0 Å². The maximum Gasteiger partial charge on any atom is 0.333 e. The number of carbonyl (C=O) groups is 1. The molecule has 2 unspecified atom stereocenters. The predicted molar refractivity (Wildman–Crippen MR) is 44.8 cm³/mol. The van der Waals surface area contributed by atoms with Crippen molar-refractivity contribution in [3.05, 3.63) is 24.0 Å². The summed E-state index contributed by atoms with van der Waals surface area (Å²) in [5.41, 5.74) is 3.85. The molecule has 0 spiro atoms. The van der Waals surface area contributed by atoms with Gasteiger partial charge in [-0.3, -0.25) is 0 Å². The number of aliphatic hydroxyl groups excluding tert-OH is 2. The molecule has 0 saturated carbocycles. The fourth-order valence-electron chi connectivity index (χ4n) is 1.08. The van der Waals surface area contributed by atoms with E-state index in [-0.39, 0.29) is 5.76 Å². The van der Waals surface area contributed by atoms with Crippen molar-refractivity contribution < 1.29 is 19.7 Å². The van der Waals surface area contributed by atoms with Crippen LogP contribution in [0.2, 0.25) is 0 Å². The third-order valence-electron chi connectivity index (χ3n) is 1.86. The zero-order valence-corrected chi connectivity index (χ0v) is 7.10. The number of carbonyl (C=O) groups excluding carboxylic acids is 1. The maximum atomic E-state index is 11.1. The van der Waals surface area contributed by atoms with Crippen molar-refractivity contribution in [1.29, 1.82) is 0 Å². The summed E-state index contributed by atoms with van der Waals surface area (Å²) >= 11 is 0. The summed E-state index contributed by atoms with van der Waals surface area (Å²) in [5.74, 6) is -0.964. The van der Waals surface area contributed by atoms with Crippen LogP contribution >= 0.6 is 0 Å². The Hall–Kier alpha value is -1.33. The van der Waals surface area contributed by atoms with E-state index in [0.29, 0.717) is 0 Å². The second-order valence-electron chi connectivity index (χ2n) is 2.80. The minimum atomic E-state index is -1.69. The number of ether oxygens (including phenoxy) is 1. The lowest BCUT2D eigenvalue weighted by Crippen LogP contribution is -2.56. The molecule has 0 bridgehead atoms. The predicted octanol–water partition coefficient (Wildman–Crippen LogP) is -0.771. The second kappa shape index (κ2) is 3.20. The molecule has 0 saturated heterocycles. The molecule has 0 aromatic rings. The van der Waals surface area contributed by atoms with Gasteiger partial charge in [-0.25, -0.2) is 4.79 Å². The molecule has 1 rings (SSSR count). The molecule has 1 aliphatic rings. The van der Waals surface area contributed by atoms with Crippen LogP contribution in [0.1, 0.15) is 0 Å². The molecular formula is C8H11NO4. The van der Waals surface area contributed by atoms with Gasteiger partial charge in [-0.05, 0) is 18.2 Å². The summed E-state index contributed by atoms with van der Waals surface area (Å²) in [6, 6.07) is 0. The number of esters is 1. The highest BCUT2D eigenvalue weighted by Crippen LogP contribution is 2.19. The van der Waals surface area contributed by atoms with Gasteiger partial charge in [-0.1, -0.05) is 0 Å². The van der Waals surface area contributed by atoms with Crippen LogP contribution in [0.15, 0.2) is 24.0 Å². The number of hydrogen-bond acceptors (Lipinski definition) is 5. The molecule has 0 heterocycles. The highest BCUT2D eigenvalue weighted by Gasteiger charge is 2.41. The first-order valence-corrected chi connectivity index (χ1v) is 3.66. The van der Waals surface area contributed by atoms with Gasteiger partial charge in [0.05, 0.1) is 7.11 Å². The molecule has 5 nitrogen and oxygen atoms in total. The SMILES string of the molecule is COC(=O)C1(N)C=C(O)C=CC1O. The third kappa shape index (κ3) is 1.56. The van der Waals surface area contributed by atoms with Crippen LogP contribution < -0.4 is 5.73 Å². The molecule has 5 heteroatoms. The lowest BCUT2D eigenvalue weighted by atomic mass is 9.89. The fourth-order valence-corrected chi connectivity index (χ4v) is 1.08. The van der Waals surface area contributed by atoms with Gasteiger partial charge in [0.15, 0.2) is 5.54 Å². The molecule has 0 radical (unpaired) electrons. The van der Waals surface area contributed by atoms with Crippen LogP contribution in [-0.2, 0) is 9.53 Å². The van der Waals surface area contributed by atoms with Gasteiger partial charge in [0.1, 0.15) is 11.9 Å². The van der Waals surface area contributed by atoms with Crippen LogP contribution in [0.25, 0.3) is 0 Å². The van der Waals surface area contributed by atoms with Crippen LogP contribution in [0, 0.1) is 0 Å². The first-order chi connectivity index (χ1) is 6.00. The molecule has 2 atom stereocenters. The van der Waals surface area contributed by atoms with Crippen molar-refractivity contribution in [3.8, 4) is 0 Å². The van der Waals surface area contributed by atoms with E-state index in [9.17, 15) is 9.90 Å². The molecule has 0 aromatic heterocycles. The lowest BCUT2D eigenvalue weighted by Gasteiger charge is -2.28. The average molecular weight is 185 g/mol. The average Bonchev–Trinajstić information content (AvgIpc) is 2.10. The third-order valence-corrected chi connectivity index (χ3v) is 1.86. The van der Waals surface area contributed by atoms with Gasteiger partial charge in [0.25, 0.3) is 0 Å². The maximum absolute atomic E-state index is 11.1. The molecule has 0 aliphatic heterocycles. The minimum Gasteiger partial charge on any atom is -0.508 e. The minimum absolute atomic E-state index is 0.168. The highest BCUT2D eigenvalue weighted by atomic mass is 16.5. The van der Waals surface area contributed by atoms with Crippen molar-refractivity contribution in [3.63, 3.8) is 0 Å². The summed E-state index contributed by atoms with van der Waals surface area (Å²) in [5, 5.41) is 18.5. The standard InChI is InChI=1S/C8H11NO4/c1-13-7(12)8(9)4-5(10)2-3-6(8)11/h2-4,6,10-11H,9H2,1H3. The van der Waals surface area contributed by atoms with Crippen LogP contribution in [-0.4, -0.2) is 34.9 Å². The Kier molecular flexibility index (Phi) is 2.40. The zero-order chi connectivity index (χ0) is 10.1. The largest absolute Gasteiger partial charge is 0.508 e. The van der Waals surface area contributed by atoms with Crippen molar-refractivity contribution in [2.45, 2.75) is 11.6 Å². The van der Waals surface area contributed by atoms with Crippen molar-refractivity contribution >= 4 is 5.97 Å². The van der Waals surface area contributed by atoms with Crippen molar-refractivity contribution in [1.82, 2.24) is 0 Å². The van der Waals surface area contributed by atoms with E-state index in [1.54, 1.807) is 0 Å². The second-order valence-corrected chi connectivity index (χ2v) is 2.80. The summed E-state index contributed by atoms with van der Waals surface area (Å²) < 4.78 is 4.40. The van der Waals surface area contributed by atoms with Crippen LogP contribution in [0.4, 0.5) is 0 Å². The van der Waals surface area contributed by atoms with E-state index in [2.05, 4.69) is 4.74 Å². The Labute approximate surface area is 75.1 Å². The first kappa shape index (κ1) is 9.76. The van der Waals surface area contributed by atoms with Gasteiger partial charge in [-0.15, -0.1) is 0 Å². The monoisotopic (exact) mass is 185 g/mol. The summed E-state index contributed by atoms with van der Waals surface area (Å²) in [6.45, 7) is 0. The summed E-state index contributed by atoms with van der Waals surface area (Å²) in [6.07, 6.45) is 2.37. The van der Waals surface area contributed by atoms with Gasteiger partial charge in [0.2, 0.25) is 0 Å². The molecule has 1 aliphatic carbocycles. The summed E-state index contributed by atoms with van der Waals surface area (Å²) in [7, 11) is 1.16. The van der Waals surface area contributed by atoms with Crippen LogP contribution in [0.5, 0.6) is 0 Å². The van der Waals surface area contributed by atoms with E-state index < -0.39 is 17.6 Å². The smallest absolute Gasteiger partial charge is 0.333 e. The summed E-state index contributed by atoms with van der Waals surface area (Å²) in [4.78, 5) is 11.1. The number of hydrogen-bond donors (Lipinski definition) is 3. The lowest BCUT2D eigenvalue weighted by molar-refractivity contribution is -0.148. The van der Waals surface area contributed by atoms with Gasteiger partial charge in [0, 0.05) is 0 Å². The zero-order valence-electron chi connectivity index (χ0n) is 7.10. The fraction of sp³-hybridized carbons (Fsp3) is 0.375. The van der Waals surface area contributed by atoms with Crippen molar-refractivity contribution in [2.24, 2.45) is 5.73 Å². The Balaban J connectivity index is 3.01. The Morgan fingerprint density at radius 3 is 2.92 bits per heavy atom. The number of aliphatic hydroxyl groups is 2. The Morgan fingerprint density at radius 1 is 1.77 bits per heavy atom. The number of methoxy groups -OCH3 is 1. The topological polar surface area (TPSA) is 92.8 Å². The molecule has 13 heavy (non-hydrogen) atoms. The Morgan fingerprint density at radius 2 is 2.38 bits per heavy atom. The van der Waals surface area contributed by atoms with E-state index in [0.717, 1.165) is 13.2 Å². The van der Waals surface area contributed by atoms with E-state index in [4.69, 9.17) is 10.8 Å². The number of nitrogens with two attached hydrogens (primary N) is 1. The van der Waals surface area contributed by atoms with Crippen LogP contribution in [0.3, 0.4) is 0 Å².